The molecular weight excluding hydrogens is 377 g/mol. The fraction of sp³-hybridized carbons (Fsp3) is 0.368. The van der Waals surface area contributed by atoms with Gasteiger partial charge in [-0.1, -0.05) is 41.4 Å². The Morgan fingerprint density at radius 3 is 2.85 bits per heavy atom. The van der Waals surface area contributed by atoms with Crippen LogP contribution in [0.1, 0.15) is 11.1 Å². The summed E-state index contributed by atoms with van der Waals surface area (Å²) in [4.78, 5) is 1.98. The molecule has 1 N–H and O–H groups in total. The first kappa shape index (κ1) is 19.3. The Labute approximate surface area is 163 Å². The molecule has 0 aromatic heterocycles. The highest BCUT2D eigenvalue weighted by molar-refractivity contribution is 6.42. The van der Waals surface area contributed by atoms with E-state index in [0.717, 1.165) is 22.6 Å². The lowest BCUT2D eigenvalue weighted by atomic mass is 10.2. The maximum absolute atomic E-state index is 10.2. The lowest BCUT2D eigenvalue weighted by Gasteiger charge is -2.21. The zero-order valence-corrected chi connectivity index (χ0v) is 16.0. The lowest BCUT2D eigenvalue weighted by Crippen LogP contribution is -2.32. The summed E-state index contributed by atoms with van der Waals surface area (Å²) in [5.41, 5.74) is 1.90. The standard InChI is InChI=1S/C19H21Cl2NO4/c1-22(8-14-3-2-4-16(20)19(14)21)9-15(23)11-24-10-13-5-6-17-18(7-13)26-12-25-17/h2-7,15,23H,8-12H2,1H3. The topological polar surface area (TPSA) is 51.2 Å². The monoisotopic (exact) mass is 397 g/mol. The molecule has 5 nitrogen and oxygen atoms in total. The molecule has 0 spiro atoms. The van der Waals surface area contributed by atoms with Crippen LogP contribution in [0.4, 0.5) is 0 Å². The number of rotatable bonds is 8. The van der Waals surface area contributed by atoms with Crippen LogP contribution in [0.2, 0.25) is 10.0 Å². The third-order valence-corrected chi connectivity index (χ3v) is 4.87. The smallest absolute Gasteiger partial charge is 0.231 e. The largest absolute Gasteiger partial charge is 0.454 e. The van der Waals surface area contributed by atoms with Gasteiger partial charge in [-0.25, -0.2) is 0 Å². The predicted molar refractivity (Wildman–Crippen MR) is 101 cm³/mol. The molecule has 2 aromatic carbocycles. The van der Waals surface area contributed by atoms with Crippen LogP contribution in [-0.2, 0) is 17.9 Å². The number of hydrogen-bond donors (Lipinski definition) is 1. The number of nitrogens with zero attached hydrogens (tertiary/aromatic N) is 1. The number of hydrogen-bond acceptors (Lipinski definition) is 5. The Morgan fingerprint density at radius 1 is 1.19 bits per heavy atom. The van der Waals surface area contributed by atoms with Gasteiger partial charge in [0.2, 0.25) is 6.79 Å². The first-order valence-corrected chi connectivity index (χ1v) is 9.04. The molecule has 1 aliphatic heterocycles. The van der Waals surface area contributed by atoms with Crippen LogP contribution >= 0.6 is 23.2 Å². The molecule has 0 amide bonds. The van der Waals surface area contributed by atoms with Gasteiger partial charge in [0.1, 0.15) is 0 Å². The number of aliphatic hydroxyl groups is 1. The van der Waals surface area contributed by atoms with Gasteiger partial charge < -0.3 is 19.3 Å². The van der Waals surface area contributed by atoms with Crippen molar-refractivity contribution in [2.45, 2.75) is 19.3 Å². The van der Waals surface area contributed by atoms with Crippen molar-refractivity contribution < 1.29 is 19.3 Å². The van der Waals surface area contributed by atoms with Gasteiger partial charge in [-0.15, -0.1) is 0 Å². The number of benzene rings is 2. The van der Waals surface area contributed by atoms with Crippen molar-refractivity contribution in [2.24, 2.45) is 0 Å². The fourth-order valence-electron chi connectivity index (χ4n) is 2.78. The van der Waals surface area contributed by atoms with Gasteiger partial charge in [0.25, 0.3) is 0 Å². The number of likely N-dealkylation sites (N-methyl/N-ethyl adjacent to an activating group) is 1. The minimum Gasteiger partial charge on any atom is -0.454 e. The summed E-state index contributed by atoms with van der Waals surface area (Å²) in [6, 6.07) is 11.2. The van der Waals surface area contributed by atoms with Crippen LogP contribution in [0.25, 0.3) is 0 Å². The lowest BCUT2D eigenvalue weighted by molar-refractivity contribution is 0.0127. The van der Waals surface area contributed by atoms with Crippen LogP contribution < -0.4 is 9.47 Å². The van der Waals surface area contributed by atoms with E-state index in [9.17, 15) is 5.11 Å². The summed E-state index contributed by atoms with van der Waals surface area (Å²) in [5.74, 6) is 1.47. The molecule has 1 unspecified atom stereocenters. The molecule has 2 aromatic rings. The molecule has 140 valence electrons. The zero-order chi connectivity index (χ0) is 18.5. The molecule has 0 bridgehead atoms. The zero-order valence-electron chi connectivity index (χ0n) is 14.5. The maximum atomic E-state index is 10.2. The van der Waals surface area contributed by atoms with Gasteiger partial charge in [0.05, 0.1) is 29.4 Å². The highest BCUT2D eigenvalue weighted by atomic mass is 35.5. The minimum absolute atomic E-state index is 0.238. The summed E-state index contributed by atoms with van der Waals surface area (Å²) in [6.07, 6.45) is -0.605. The van der Waals surface area contributed by atoms with Crippen molar-refractivity contribution in [1.29, 1.82) is 0 Å². The first-order valence-electron chi connectivity index (χ1n) is 8.28. The molecule has 0 fully saturated rings. The van der Waals surface area contributed by atoms with E-state index in [0.29, 0.717) is 29.7 Å². The molecule has 3 rings (SSSR count). The van der Waals surface area contributed by atoms with Crippen molar-refractivity contribution in [3.63, 3.8) is 0 Å². The SMILES string of the molecule is CN(Cc1cccc(Cl)c1Cl)CC(O)COCc1ccc2c(c1)OCO2. The summed E-state index contributed by atoms with van der Waals surface area (Å²) in [7, 11) is 1.91. The van der Waals surface area contributed by atoms with Crippen molar-refractivity contribution in [3.05, 3.63) is 57.6 Å². The third-order valence-electron chi connectivity index (χ3n) is 4.01. The Bertz CT molecular complexity index is 756. The van der Waals surface area contributed by atoms with Crippen molar-refractivity contribution in [3.8, 4) is 11.5 Å². The molecule has 7 heteroatoms. The average molecular weight is 398 g/mol. The Kier molecular flexibility index (Phi) is 6.62. The van der Waals surface area contributed by atoms with Gasteiger partial charge in [0.15, 0.2) is 11.5 Å². The van der Waals surface area contributed by atoms with E-state index in [1.807, 2.05) is 42.3 Å². The van der Waals surface area contributed by atoms with Crippen molar-refractivity contribution in [1.82, 2.24) is 4.90 Å². The minimum atomic E-state index is -0.605. The van der Waals surface area contributed by atoms with Crippen LogP contribution in [-0.4, -0.2) is 43.1 Å². The second-order valence-electron chi connectivity index (χ2n) is 6.27. The van der Waals surface area contributed by atoms with Crippen molar-refractivity contribution in [2.75, 3.05) is 27.0 Å². The number of halogens is 2. The fourth-order valence-corrected chi connectivity index (χ4v) is 3.16. The normalized spacial score (nSPS) is 14.0. The van der Waals surface area contributed by atoms with Gasteiger partial charge >= 0.3 is 0 Å². The Hall–Kier alpha value is -1.50. The molecular formula is C19H21Cl2NO4. The van der Waals surface area contributed by atoms with Crippen LogP contribution in [0.5, 0.6) is 11.5 Å². The molecule has 26 heavy (non-hydrogen) atoms. The Balaban J connectivity index is 1.42. The highest BCUT2D eigenvalue weighted by Gasteiger charge is 2.14. The number of ether oxygens (including phenoxy) is 3. The number of fused-ring (bicyclic) bond motifs is 1. The van der Waals surface area contributed by atoms with E-state index in [4.69, 9.17) is 37.4 Å². The van der Waals surface area contributed by atoms with E-state index < -0.39 is 6.10 Å². The van der Waals surface area contributed by atoms with E-state index in [1.165, 1.54) is 0 Å². The summed E-state index contributed by atoms with van der Waals surface area (Å²) in [6.45, 7) is 1.95. The van der Waals surface area contributed by atoms with Gasteiger partial charge in [0, 0.05) is 13.1 Å². The molecule has 0 radical (unpaired) electrons. The van der Waals surface area contributed by atoms with E-state index >= 15 is 0 Å². The average Bonchev–Trinajstić information content (AvgIpc) is 3.06. The van der Waals surface area contributed by atoms with Gasteiger partial charge in [-0.3, -0.25) is 4.90 Å². The third kappa shape index (κ3) is 5.02. The first-order chi connectivity index (χ1) is 12.5. The van der Waals surface area contributed by atoms with Crippen LogP contribution in [0.3, 0.4) is 0 Å². The molecule has 0 saturated heterocycles. The summed E-state index contributed by atoms with van der Waals surface area (Å²) < 4.78 is 16.2. The molecule has 1 atom stereocenters. The van der Waals surface area contributed by atoms with E-state index in [-0.39, 0.29) is 13.4 Å². The molecule has 0 saturated carbocycles. The van der Waals surface area contributed by atoms with E-state index in [1.54, 1.807) is 6.07 Å². The summed E-state index contributed by atoms with van der Waals surface area (Å²) in [5, 5.41) is 11.3. The summed E-state index contributed by atoms with van der Waals surface area (Å²) >= 11 is 12.2. The maximum Gasteiger partial charge on any atom is 0.231 e. The second-order valence-corrected chi connectivity index (χ2v) is 7.05. The quantitative estimate of drug-likeness (QED) is 0.735. The van der Waals surface area contributed by atoms with Crippen molar-refractivity contribution >= 4 is 23.2 Å². The molecule has 1 aliphatic rings. The van der Waals surface area contributed by atoms with Gasteiger partial charge in [-0.2, -0.15) is 0 Å². The van der Waals surface area contributed by atoms with Gasteiger partial charge in [-0.05, 0) is 36.4 Å². The van der Waals surface area contributed by atoms with E-state index in [2.05, 4.69) is 0 Å². The Morgan fingerprint density at radius 2 is 2.00 bits per heavy atom. The van der Waals surface area contributed by atoms with Crippen LogP contribution in [0.15, 0.2) is 36.4 Å². The second kappa shape index (κ2) is 8.93. The number of aliphatic hydroxyl groups excluding tert-OH is 1. The predicted octanol–water partition coefficient (Wildman–Crippen LogP) is 3.73. The van der Waals surface area contributed by atoms with Crippen LogP contribution in [0, 0.1) is 0 Å². The highest BCUT2D eigenvalue weighted by Crippen LogP contribution is 2.32. The molecule has 1 heterocycles. The molecule has 0 aliphatic carbocycles.